The van der Waals surface area contributed by atoms with E-state index in [0.29, 0.717) is 10.5 Å². The molecular weight excluding hydrogens is 585 g/mol. The van der Waals surface area contributed by atoms with Crippen molar-refractivity contribution in [2.24, 2.45) is 10.8 Å². The third-order valence-electron chi connectivity index (χ3n) is 7.90. The summed E-state index contributed by atoms with van der Waals surface area (Å²) in [5.41, 5.74) is 0.477. The maximum atomic E-state index is 5.61. The van der Waals surface area contributed by atoms with Gasteiger partial charge in [0, 0.05) is 49.1 Å². The van der Waals surface area contributed by atoms with E-state index in [0.717, 1.165) is 97.1 Å². The molecule has 0 aliphatic rings. The highest BCUT2D eigenvalue weighted by atomic mass is 32.1. The lowest BCUT2D eigenvalue weighted by atomic mass is 9.82. The summed E-state index contributed by atoms with van der Waals surface area (Å²) in [7, 11) is 0. The highest BCUT2D eigenvalue weighted by Crippen LogP contribution is 2.33. The first-order valence-corrected chi connectivity index (χ1v) is 16.8. The first-order valence-electron chi connectivity index (χ1n) is 14.0. The molecule has 0 amide bonds. The normalized spacial score (nSPS) is 14.3. The van der Waals surface area contributed by atoms with Gasteiger partial charge in [-0.1, -0.05) is 27.7 Å². The Kier molecular flexibility index (Phi) is 14.0. The lowest BCUT2D eigenvalue weighted by molar-refractivity contribution is 0.271. The minimum atomic E-state index is 0.239. The zero-order valence-corrected chi connectivity index (χ0v) is 29.4. The van der Waals surface area contributed by atoms with Gasteiger partial charge in [0.05, 0.1) is 10.1 Å². The Balaban J connectivity index is 1.71. The number of thiol groups is 4. The highest BCUT2D eigenvalue weighted by molar-refractivity contribution is 7.81. The monoisotopic (exact) mass is 634 g/mol. The molecule has 2 aromatic rings. The van der Waals surface area contributed by atoms with Crippen LogP contribution in [-0.4, -0.2) is 28.8 Å². The number of aromatic nitrogens is 4. The van der Waals surface area contributed by atoms with Crippen LogP contribution < -0.4 is 0 Å². The predicted molar refractivity (Wildman–Crippen MR) is 182 cm³/mol. The van der Waals surface area contributed by atoms with Crippen LogP contribution in [0.4, 0.5) is 0 Å². The minimum absolute atomic E-state index is 0.239. The van der Waals surface area contributed by atoms with E-state index in [2.05, 4.69) is 85.1 Å². The molecule has 0 aliphatic carbocycles. The molecule has 0 aliphatic heterocycles. The van der Waals surface area contributed by atoms with Crippen LogP contribution in [0.1, 0.15) is 92.9 Å². The van der Waals surface area contributed by atoms with Crippen molar-refractivity contribution in [3.63, 3.8) is 0 Å². The molecule has 38 heavy (non-hydrogen) atoms. The molecule has 2 atom stereocenters. The molecule has 2 unspecified atom stereocenters. The van der Waals surface area contributed by atoms with Gasteiger partial charge in [0.25, 0.3) is 0 Å². The van der Waals surface area contributed by atoms with E-state index in [9.17, 15) is 0 Å². The summed E-state index contributed by atoms with van der Waals surface area (Å²) in [4.78, 5) is 0. The average Bonchev–Trinajstić information content (AvgIpc) is 3.30. The molecule has 0 saturated heterocycles. The van der Waals surface area contributed by atoms with Gasteiger partial charge in [0.1, 0.15) is 0 Å². The summed E-state index contributed by atoms with van der Waals surface area (Å²) < 4.78 is 10.2. The molecule has 0 saturated carbocycles. The van der Waals surface area contributed by atoms with Gasteiger partial charge in [-0.05, 0) is 100 Å². The molecule has 0 spiro atoms. The van der Waals surface area contributed by atoms with Gasteiger partial charge in [0.15, 0.2) is 9.54 Å². The first kappa shape index (κ1) is 34.5. The molecule has 0 N–H and O–H groups in total. The Hall–Kier alpha value is 0.260. The van der Waals surface area contributed by atoms with E-state index in [-0.39, 0.29) is 10.8 Å². The van der Waals surface area contributed by atoms with Crippen LogP contribution >= 0.6 is 75.0 Å². The number of rotatable bonds is 17. The third-order valence-corrected chi connectivity index (χ3v) is 10.6. The van der Waals surface area contributed by atoms with Crippen LogP contribution in [0.5, 0.6) is 0 Å². The van der Waals surface area contributed by atoms with Crippen molar-refractivity contribution in [3.8, 4) is 0 Å². The minimum Gasteiger partial charge on any atom is -0.323 e. The smallest absolute Gasteiger partial charge is 0.180 e. The number of aryl methyl sites for hydroxylation is 2. The topological polar surface area (TPSA) is 19.7 Å². The van der Waals surface area contributed by atoms with Crippen LogP contribution in [0.3, 0.4) is 0 Å². The number of imidazole rings is 2. The van der Waals surface area contributed by atoms with Crippen molar-refractivity contribution in [1.29, 1.82) is 0 Å². The van der Waals surface area contributed by atoms with Crippen molar-refractivity contribution in [2.75, 3.05) is 0 Å². The van der Waals surface area contributed by atoms with E-state index in [1.54, 1.807) is 0 Å². The quantitative estimate of drug-likeness (QED) is 0.103. The molecule has 0 bridgehead atoms. The van der Waals surface area contributed by atoms with Crippen molar-refractivity contribution in [1.82, 2.24) is 18.3 Å². The van der Waals surface area contributed by atoms with Gasteiger partial charge in [-0.15, -0.1) is 25.3 Å². The van der Waals surface area contributed by atoms with Gasteiger partial charge in [-0.3, -0.25) is 0 Å². The second-order valence-electron chi connectivity index (χ2n) is 12.2. The first-order chi connectivity index (χ1) is 17.7. The van der Waals surface area contributed by atoms with E-state index in [1.165, 1.54) is 0 Å². The molecular formula is C28H50N4S6. The fourth-order valence-electron chi connectivity index (χ4n) is 4.78. The molecule has 0 fully saturated rings. The molecule has 0 radical (unpaired) electrons. The largest absolute Gasteiger partial charge is 0.323 e. The summed E-state index contributed by atoms with van der Waals surface area (Å²) in [6.45, 7) is 17.2. The van der Waals surface area contributed by atoms with Crippen molar-refractivity contribution < 1.29 is 0 Å². The van der Waals surface area contributed by atoms with Crippen LogP contribution in [0.2, 0.25) is 0 Å². The van der Waals surface area contributed by atoms with E-state index in [1.807, 2.05) is 12.4 Å². The number of nitrogens with zero attached hydrogens (tertiary/aromatic N) is 4. The number of hydrogen-bond donors (Lipinski definition) is 4. The maximum Gasteiger partial charge on any atom is 0.180 e. The Morgan fingerprint density at radius 3 is 1.29 bits per heavy atom. The van der Waals surface area contributed by atoms with Crippen molar-refractivity contribution >= 4 is 75.0 Å². The average molecular weight is 635 g/mol. The summed E-state index contributed by atoms with van der Waals surface area (Å²) in [5.74, 6) is 0. The van der Waals surface area contributed by atoms with E-state index < -0.39 is 0 Å². The lowest BCUT2D eigenvalue weighted by Crippen LogP contribution is -2.19. The van der Waals surface area contributed by atoms with Crippen LogP contribution in [0.25, 0.3) is 0 Å². The van der Waals surface area contributed by atoms with Gasteiger partial charge < -0.3 is 18.3 Å². The fourth-order valence-corrected chi connectivity index (χ4v) is 6.88. The molecule has 218 valence electrons. The van der Waals surface area contributed by atoms with Gasteiger partial charge in [-0.2, -0.15) is 25.3 Å². The second-order valence-corrected chi connectivity index (χ2v) is 15.3. The Morgan fingerprint density at radius 1 is 0.658 bits per heavy atom. The zero-order chi connectivity index (χ0) is 28.7. The number of hydrogen-bond acceptors (Lipinski definition) is 6. The molecule has 10 heteroatoms. The Bertz CT molecular complexity index is 1040. The molecule has 4 nitrogen and oxygen atoms in total. The van der Waals surface area contributed by atoms with E-state index in [4.69, 9.17) is 49.7 Å². The van der Waals surface area contributed by atoms with Crippen LogP contribution in [0, 0.1) is 20.4 Å². The summed E-state index contributed by atoms with van der Waals surface area (Å²) >= 11 is 30.4. The molecule has 0 aromatic carbocycles. The van der Waals surface area contributed by atoms with Gasteiger partial charge in [0.2, 0.25) is 0 Å². The fraction of sp³-hybridized carbons (Fsp3) is 0.786. The zero-order valence-electron chi connectivity index (χ0n) is 24.2. The van der Waals surface area contributed by atoms with Crippen LogP contribution in [0.15, 0.2) is 22.4 Å². The lowest BCUT2D eigenvalue weighted by Gasteiger charge is -2.28. The maximum absolute atomic E-state index is 5.61. The molecule has 2 aromatic heterocycles. The van der Waals surface area contributed by atoms with Gasteiger partial charge in [-0.25, -0.2) is 0 Å². The summed E-state index contributed by atoms with van der Waals surface area (Å²) in [5, 5.41) is 2.74. The summed E-state index contributed by atoms with van der Waals surface area (Å²) in [6, 6.07) is 0. The standard InChI is InChI=1S/C28H50N4S6/c1-7-29-19-23(35)31(25(29)37)17-15-27(3,4)13-11-21(33)9-10-22(34)12-14-28(5,6)16-18-32-24(36)20-30(8-2)26(32)38/h19-22,33-36H,7-18H2,1-6H3. The SMILES string of the molecule is CCn1cc(S)n(CCC(C)(C)CCC(S)CCC(S)CCC(C)(C)CCn2c(S)cn(CC)c2=S)c1=S. The van der Waals surface area contributed by atoms with Crippen molar-refractivity contribution in [2.45, 2.75) is 140 Å². The predicted octanol–water partition coefficient (Wildman–Crippen LogP) is 9.44. The Labute approximate surface area is 264 Å². The second kappa shape index (κ2) is 15.5. The highest BCUT2D eigenvalue weighted by Gasteiger charge is 2.22. The molecule has 2 rings (SSSR count). The Morgan fingerprint density at radius 2 is 1.00 bits per heavy atom. The van der Waals surface area contributed by atoms with E-state index >= 15 is 0 Å². The van der Waals surface area contributed by atoms with Crippen molar-refractivity contribution in [3.05, 3.63) is 21.9 Å². The summed E-state index contributed by atoms with van der Waals surface area (Å²) in [6.07, 6.45) is 13.0. The molecule has 2 heterocycles. The van der Waals surface area contributed by atoms with Gasteiger partial charge >= 0.3 is 0 Å². The van der Waals surface area contributed by atoms with Crippen LogP contribution in [-0.2, 0) is 26.2 Å². The third kappa shape index (κ3) is 10.6.